The fourth-order valence-corrected chi connectivity index (χ4v) is 3.01. The average molecular weight is 293 g/mol. The molecule has 1 aliphatic carbocycles. The van der Waals surface area contributed by atoms with Gasteiger partial charge in [0.1, 0.15) is 5.82 Å². The first-order valence-electron chi connectivity index (χ1n) is 7.22. The first-order chi connectivity index (χ1) is 9.92. The first-order valence-corrected chi connectivity index (χ1v) is 7.22. The minimum atomic E-state index is -0.923. The van der Waals surface area contributed by atoms with E-state index >= 15 is 0 Å². The van der Waals surface area contributed by atoms with Crippen LogP contribution in [0.3, 0.4) is 0 Å². The van der Waals surface area contributed by atoms with Gasteiger partial charge in [-0.25, -0.2) is 4.39 Å². The Morgan fingerprint density at radius 3 is 2.57 bits per heavy atom. The highest BCUT2D eigenvalue weighted by molar-refractivity contribution is 5.96. The molecular formula is C16H20FNO3. The second-order valence-electron chi connectivity index (χ2n) is 5.82. The Kier molecular flexibility index (Phi) is 4.60. The molecule has 0 radical (unpaired) electrons. The van der Waals surface area contributed by atoms with E-state index in [0.717, 1.165) is 19.3 Å². The Hall–Kier alpha value is -1.91. The number of amides is 1. The number of aryl methyl sites for hydroxylation is 1. The van der Waals surface area contributed by atoms with Crippen molar-refractivity contribution in [2.75, 3.05) is 0 Å². The van der Waals surface area contributed by atoms with Gasteiger partial charge >= 0.3 is 5.97 Å². The van der Waals surface area contributed by atoms with E-state index in [1.54, 1.807) is 13.0 Å². The highest BCUT2D eigenvalue weighted by atomic mass is 19.1. The van der Waals surface area contributed by atoms with Crippen molar-refractivity contribution < 1.29 is 19.1 Å². The van der Waals surface area contributed by atoms with E-state index in [1.807, 2.05) is 0 Å². The maximum atomic E-state index is 13.3. The van der Waals surface area contributed by atoms with Crippen LogP contribution in [0.25, 0.3) is 0 Å². The third kappa shape index (κ3) is 3.80. The lowest BCUT2D eigenvalue weighted by Gasteiger charge is -2.37. The van der Waals surface area contributed by atoms with E-state index < -0.39 is 23.2 Å². The number of carbonyl (C=O) groups excluding carboxylic acids is 1. The molecule has 1 fully saturated rings. The number of nitrogens with one attached hydrogen (secondary N) is 1. The summed E-state index contributed by atoms with van der Waals surface area (Å²) in [6.07, 6.45) is 4.06. The number of carboxylic acids is 1. The molecule has 1 saturated carbocycles. The third-order valence-corrected chi connectivity index (χ3v) is 4.12. The van der Waals surface area contributed by atoms with E-state index in [1.165, 1.54) is 12.1 Å². The molecule has 0 aliphatic heterocycles. The molecule has 21 heavy (non-hydrogen) atoms. The number of carboxylic acid groups (broad SMARTS) is 1. The van der Waals surface area contributed by atoms with Gasteiger partial charge in [0.2, 0.25) is 0 Å². The molecule has 5 heteroatoms. The Morgan fingerprint density at radius 1 is 1.29 bits per heavy atom. The third-order valence-electron chi connectivity index (χ3n) is 4.12. The van der Waals surface area contributed by atoms with Crippen LogP contribution in [-0.4, -0.2) is 22.5 Å². The Bertz CT molecular complexity index is 550. The Balaban J connectivity index is 2.21. The van der Waals surface area contributed by atoms with E-state index in [9.17, 15) is 14.0 Å². The first kappa shape index (κ1) is 15.5. The minimum Gasteiger partial charge on any atom is -0.481 e. The molecule has 1 aliphatic rings. The Labute approximate surface area is 123 Å². The molecule has 114 valence electrons. The zero-order valence-electron chi connectivity index (χ0n) is 12.1. The second-order valence-corrected chi connectivity index (χ2v) is 5.82. The molecule has 1 aromatic rings. The molecule has 2 N–H and O–H groups in total. The molecule has 0 bridgehead atoms. The monoisotopic (exact) mass is 293 g/mol. The van der Waals surface area contributed by atoms with E-state index in [-0.39, 0.29) is 12.0 Å². The van der Waals surface area contributed by atoms with Crippen molar-refractivity contribution in [1.29, 1.82) is 0 Å². The number of halogens is 1. The number of hydrogen-bond acceptors (Lipinski definition) is 2. The van der Waals surface area contributed by atoms with Crippen LogP contribution in [0.2, 0.25) is 0 Å². The number of aliphatic carboxylic acids is 1. The molecule has 0 spiro atoms. The summed E-state index contributed by atoms with van der Waals surface area (Å²) in [6, 6.07) is 4.05. The summed E-state index contributed by atoms with van der Waals surface area (Å²) in [5.41, 5.74) is 0.237. The lowest BCUT2D eigenvalue weighted by atomic mass is 9.79. The summed E-state index contributed by atoms with van der Waals surface area (Å²) >= 11 is 0. The predicted octanol–water partition coefficient (Wildman–Crippen LogP) is 3.04. The molecule has 0 saturated heterocycles. The summed E-state index contributed by atoms with van der Waals surface area (Å²) in [7, 11) is 0. The molecule has 4 nitrogen and oxygen atoms in total. The highest BCUT2D eigenvalue weighted by Gasteiger charge is 2.36. The molecule has 1 amide bonds. The van der Waals surface area contributed by atoms with E-state index in [4.69, 9.17) is 5.11 Å². The van der Waals surface area contributed by atoms with Crippen LogP contribution < -0.4 is 5.32 Å². The lowest BCUT2D eigenvalue weighted by molar-refractivity contribution is -0.139. The average Bonchev–Trinajstić information content (AvgIpc) is 2.41. The number of rotatable bonds is 4. The summed E-state index contributed by atoms with van der Waals surface area (Å²) < 4.78 is 13.3. The van der Waals surface area contributed by atoms with Crippen LogP contribution >= 0.6 is 0 Å². The van der Waals surface area contributed by atoms with Crippen molar-refractivity contribution in [3.8, 4) is 0 Å². The maximum absolute atomic E-state index is 13.3. The highest BCUT2D eigenvalue weighted by Crippen LogP contribution is 2.31. The van der Waals surface area contributed by atoms with Gasteiger partial charge in [-0.1, -0.05) is 25.3 Å². The van der Waals surface area contributed by atoms with Gasteiger partial charge in [0.15, 0.2) is 0 Å². The van der Waals surface area contributed by atoms with Crippen LogP contribution in [0.1, 0.15) is 54.4 Å². The fraction of sp³-hybridized carbons (Fsp3) is 0.500. The van der Waals surface area contributed by atoms with Gasteiger partial charge in [-0.3, -0.25) is 9.59 Å². The zero-order valence-corrected chi connectivity index (χ0v) is 12.1. The standard InChI is InChI=1S/C16H20FNO3/c1-11-5-6-12(17)9-13(11)15(21)18-16(10-14(19)20)7-3-2-4-8-16/h5-6,9H,2-4,7-8,10H2,1H3,(H,18,21)(H,19,20). The topological polar surface area (TPSA) is 66.4 Å². The van der Waals surface area contributed by atoms with Crippen LogP contribution in [0, 0.1) is 12.7 Å². The molecular weight excluding hydrogens is 273 g/mol. The zero-order chi connectivity index (χ0) is 15.5. The number of carbonyl (C=O) groups is 2. The van der Waals surface area contributed by atoms with Gasteiger partial charge in [0.25, 0.3) is 5.91 Å². The van der Waals surface area contributed by atoms with Crippen molar-refractivity contribution in [2.24, 2.45) is 0 Å². The smallest absolute Gasteiger partial charge is 0.305 e. The van der Waals surface area contributed by atoms with Crippen molar-refractivity contribution in [2.45, 2.75) is 51.0 Å². The molecule has 0 atom stereocenters. The largest absolute Gasteiger partial charge is 0.481 e. The molecule has 0 unspecified atom stereocenters. The molecule has 0 aromatic heterocycles. The van der Waals surface area contributed by atoms with Gasteiger partial charge in [-0.15, -0.1) is 0 Å². The van der Waals surface area contributed by atoms with Crippen LogP contribution in [0.5, 0.6) is 0 Å². The van der Waals surface area contributed by atoms with Crippen molar-refractivity contribution >= 4 is 11.9 Å². The molecule has 2 rings (SSSR count). The van der Waals surface area contributed by atoms with Gasteiger partial charge in [0.05, 0.1) is 12.0 Å². The van der Waals surface area contributed by atoms with Crippen LogP contribution in [0.4, 0.5) is 4.39 Å². The summed E-state index contributed by atoms with van der Waals surface area (Å²) in [5.74, 6) is -1.79. The van der Waals surface area contributed by atoms with Gasteiger partial charge in [-0.05, 0) is 37.5 Å². The van der Waals surface area contributed by atoms with E-state index in [0.29, 0.717) is 18.4 Å². The van der Waals surface area contributed by atoms with Gasteiger partial charge in [-0.2, -0.15) is 0 Å². The van der Waals surface area contributed by atoms with Crippen molar-refractivity contribution in [1.82, 2.24) is 5.32 Å². The predicted molar refractivity (Wildman–Crippen MR) is 76.7 cm³/mol. The fourth-order valence-electron chi connectivity index (χ4n) is 3.01. The summed E-state index contributed by atoms with van der Waals surface area (Å²) in [5, 5.41) is 12.0. The quantitative estimate of drug-likeness (QED) is 0.896. The number of benzene rings is 1. The summed E-state index contributed by atoms with van der Waals surface area (Å²) in [4.78, 5) is 23.5. The van der Waals surface area contributed by atoms with Crippen LogP contribution in [-0.2, 0) is 4.79 Å². The summed E-state index contributed by atoms with van der Waals surface area (Å²) in [6.45, 7) is 1.74. The minimum absolute atomic E-state index is 0.0902. The second kappa shape index (κ2) is 6.24. The van der Waals surface area contributed by atoms with Crippen molar-refractivity contribution in [3.05, 3.63) is 35.1 Å². The lowest BCUT2D eigenvalue weighted by Crippen LogP contribution is -2.51. The molecule has 1 aromatic carbocycles. The van der Waals surface area contributed by atoms with Crippen LogP contribution in [0.15, 0.2) is 18.2 Å². The maximum Gasteiger partial charge on any atom is 0.305 e. The molecule has 0 heterocycles. The van der Waals surface area contributed by atoms with E-state index in [2.05, 4.69) is 5.32 Å². The number of hydrogen-bond donors (Lipinski definition) is 2. The Morgan fingerprint density at radius 2 is 1.95 bits per heavy atom. The van der Waals surface area contributed by atoms with Gasteiger partial charge in [0, 0.05) is 5.56 Å². The normalized spacial score (nSPS) is 17.2. The van der Waals surface area contributed by atoms with Crippen molar-refractivity contribution in [3.63, 3.8) is 0 Å². The SMILES string of the molecule is Cc1ccc(F)cc1C(=O)NC1(CC(=O)O)CCCCC1. The van der Waals surface area contributed by atoms with Gasteiger partial charge < -0.3 is 10.4 Å².